The Kier molecular flexibility index (Phi) is 4.43. The second kappa shape index (κ2) is 5.31. The first-order valence-corrected chi connectivity index (χ1v) is 6.00. The van der Waals surface area contributed by atoms with Gasteiger partial charge in [0.1, 0.15) is 6.04 Å². The smallest absolute Gasteiger partial charge is 0.299 e. The summed E-state index contributed by atoms with van der Waals surface area (Å²) in [5, 5.41) is 2.69. The predicted octanol–water partition coefficient (Wildman–Crippen LogP) is 4.31. The topological polar surface area (TPSA) is 12.0 Å². The van der Waals surface area contributed by atoms with E-state index in [4.69, 9.17) is 0 Å². The summed E-state index contributed by atoms with van der Waals surface area (Å²) in [5.74, 6) is 0. The second-order valence-electron chi connectivity index (χ2n) is 5.64. The molecule has 18 heavy (non-hydrogen) atoms. The number of alkyl halides is 3. The van der Waals surface area contributed by atoms with Gasteiger partial charge in [-0.25, -0.2) is 0 Å². The molecule has 1 aromatic carbocycles. The predicted molar refractivity (Wildman–Crippen MR) is 67.3 cm³/mol. The molecule has 1 aromatic rings. The molecule has 0 aliphatic rings. The average molecular weight is 259 g/mol. The van der Waals surface area contributed by atoms with Gasteiger partial charge in [-0.3, -0.25) is 5.32 Å². The molecule has 2 atom stereocenters. The number of rotatable bonds is 3. The molecule has 4 heteroatoms. The van der Waals surface area contributed by atoms with Crippen LogP contribution in [0.25, 0.3) is 0 Å². The lowest BCUT2D eigenvalue weighted by molar-refractivity contribution is -0.161. The molecule has 0 heterocycles. The Morgan fingerprint density at radius 3 is 1.89 bits per heavy atom. The van der Waals surface area contributed by atoms with E-state index < -0.39 is 12.2 Å². The lowest BCUT2D eigenvalue weighted by Gasteiger charge is -2.33. The van der Waals surface area contributed by atoms with E-state index in [0.717, 1.165) is 0 Å². The normalized spacial score (nSPS) is 16.4. The van der Waals surface area contributed by atoms with E-state index in [2.05, 4.69) is 5.32 Å². The van der Waals surface area contributed by atoms with Gasteiger partial charge in [0.25, 0.3) is 0 Å². The Morgan fingerprint density at radius 1 is 1.00 bits per heavy atom. The van der Waals surface area contributed by atoms with Crippen LogP contribution in [0.15, 0.2) is 30.3 Å². The van der Waals surface area contributed by atoms with Gasteiger partial charge in [0, 0.05) is 6.04 Å². The first-order valence-electron chi connectivity index (χ1n) is 6.00. The number of hydrogen-bond acceptors (Lipinski definition) is 1. The van der Waals surface area contributed by atoms with Gasteiger partial charge >= 0.3 is 6.18 Å². The molecule has 0 spiro atoms. The van der Waals surface area contributed by atoms with Crippen molar-refractivity contribution in [3.8, 4) is 0 Å². The van der Waals surface area contributed by atoms with Crippen molar-refractivity contribution in [2.45, 2.75) is 46.0 Å². The van der Waals surface area contributed by atoms with Gasteiger partial charge < -0.3 is 0 Å². The Hall–Kier alpha value is -1.03. The molecule has 0 saturated heterocycles. The van der Waals surface area contributed by atoms with E-state index in [1.165, 1.54) is 12.1 Å². The summed E-state index contributed by atoms with van der Waals surface area (Å²) in [6.07, 6.45) is -4.29. The standard InChI is InChI=1S/C14H20F3N/c1-10(13(2,3)4)18-12(14(15,16)17)11-8-6-5-7-9-11/h5-10,12,18H,1-4H3. The van der Waals surface area contributed by atoms with Gasteiger partial charge in [0.15, 0.2) is 0 Å². The first-order chi connectivity index (χ1) is 8.12. The van der Waals surface area contributed by atoms with Crippen molar-refractivity contribution in [3.05, 3.63) is 35.9 Å². The molecule has 0 aliphatic heterocycles. The molecule has 1 rings (SSSR count). The third-order valence-corrected chi connectivity index (χ3v) is 3.18. The van der Waals surface area contributed by atoms with Gasteiger partial charge in [-0.15, -0.1) is 0 Å². The summed E-state index contributed by atoms with van der Waals surface area (Å²) in [6, 6.07) is 6.09. The fraction of sp³-hybridized carbons (Fsp3) is 0.571. The zero-order chi connectivity index (χ0) is 14.0. The molecular formula is C14H20F3N. The minimum absolute atomic E-state index is 0.224. The fourth-order valence-corrected chi connectivity index (χ4v) is 1.53. The van der Waals surface area contributed by atoms with Crippen LogP contribution >= 0.6 is 0 Å². The molecule has 102 valence electrons. The van der Waals surface area contributed by atoms with Crippen LogP contribution < -0.4 is 5.32 Å². The molecule has 1 nitrogen and oxygen atoms in total. The van der Waals surface area contributed by atoms with Crippen LogP contribution in [0.1, 0.15) is 39.3 Å². The third-order valence-electron chi connectivity index (χ3n) is 3.18. The number of hydrogen-bond donors (Lipinski definition) is 1. The first kappa shape index (κ1) is 15.0. The van der Waals surface area contributed by atoms with Crippen LogP contribution in [0.3, 0.4) is 0 Å². The minimum Gasteiger partial charge on any atom is -0.299 e. The van der Waals surface area contributed by atoms with E-state index in [9.17, 15) is 13.2 Å². The zero-order valence-corrected chi connectivity index (χ0v) is 11.2. The monoisotopic (exact) mass is 259 g/mol. The highest BCUT2D eigenvalue weighted by Gasteiger charge is 2.42. The summed E-state index contributed by atoms with van der Waals surface area (Å²) in [6.45, 7) is 7.54. The van der Waals surface area contributed by atoms with Gasteiger partial charge in [-0.2, -0.15) is 13.2 Å². The minimum atomic E-state index is -4.29. The van der Waals surface area contributed by atoms with Gasteiger partial charge in [0.05, 0.1) is 0 Å². The molecule has 0 aliphatic carbocycles. The van der Waals surface area contributed by atoms with Crippen molar-refractivity contribution in [3.63, 3.8) is 0 Å². The maximum absolute atomic E-state index is 13.1. The largest absolute Gasteiger partial charge is 0.407 e. The Labute approximate surface area is 106 Å². The van der Waals surface area contributed by atoms with Crippen LogP contribution in [-0.2, 0) is 0 Å². The van der Waals surface area contributed by atoms with Crippen LogP contribution in [0.4, 0.5) is 13.2 Å². The zero-order valence-electron chi connectivity index (χ0n) is 11.2. The maximum Gasteiger partial charge on any atom is 0.407 e. The summed E-state index contributed by atoms with van der Waals surface area (Å²) in [7, 11) is 0. The number of nitrogens with one attached hydrogen (secondary N) is 1. The highest BCUT2D eigenvalue weighted by atomic mass is 19.4. The van der Waals surface area contributed by atoms with Crippen molar-refractivity contribution >= 4 is 0 Å². The van der Waals surface area contributed by atoms with Gasteiger partial charge in [0.2, 0.25) is 0 Å². The van der Waals surface area contributed by atoms with Crippen molar-refractivity contribution in [2.24, 2.45) is 5.41 Å². The van der Waals surface area contributed by atoms with Crippen molar-refractivity contribution in [1.82, 2.24) is 5.32 Å². The van der Waals surface area contributed by atoms with Crippen LogP contribution in [0.2, 0.25) is 0 Å². The molecule has 2 unspecified atom stereocenters. The molecule has 0 bridgehead atoms. The van der Waals surface area contributed by atoms with Crippen LogP contribution in [0, 0.1) is 5.41 Å². The summed E-state index contributed by atoms with van der Waals surface area (Å²) < 4.78 is 39.3. The van der Waals surface area contributed by atoms with E-state index in [1.807, 2.05) is 20.8 Å². The van der Waals surface area contributed by atoms with E-state index >= 15 is 0 Å². The molecule has 0 radical (unpaired) electrons. The van der Waals surface area contributed by atoms with Gasteiger partial charge in [-0.05, 0) is 17.9 Å². The lowest BCUT2D eigenvalue weighted by atomic mass is 9.87. The average Bonchev–Trinajstić information content (AvgIpc) is 2.23. The fourth-order valence-electron chi connectivity index (χ4n) is 1.53. The molecule has 1 N–H and O–H groups in total. The molecule has 0 fully saturated rings. The quantitative estimate of drug-likeness (QED) is 0.852. The van der Waals surface area contributed by atoms with E-state index in [0.29, 0.717) is 0 Å². The summed E-state index contributed by atoms with van der Waals surface area (Å²) in [4.78, 5) is 0. The van der Waals surface area contributed by atoms with Crippen LogP contribution in [0.5, 0.6) is 0 Å². The summed E-state index contributed by atoms with van der Waals surface area (Å²) in [5.41, 5.74) is 0.0271. The molecule has 0 aromatic heterocycles. The Balaban J connectivity index is 2.95. The molecule has 0 amide bonds. The van der Waals surface area contributed by atoms with E-state index in [1.54, 1.807) is 25.1 Å². The molecule has 0 saturated carbocycles. The van der Waals surface area contributed by atoms with E-state index in [-0.39, 0.29) is 17.0 Å². The number of benzene rings is 1. The van der Waals surface area contributed by atoms with Crippen molar-refractivity contribution in [1.29, 1.82) is 0 Å². The number of halogens is 3. The Bertz CT molecular complexity index is 365. The van der Waals surface area contributed by atoms with Gasteiger partial charge in [-0.1, -0.05) is 51.1 Å². The van der Waals surface area contributed by atoms with Crippen LogP contribution in [-0.4, -0.2) is 12.2 Å². The summed E-state index contributed by atoms with van der Waals surface area (Å²) >= 11 is 0. The maximum atomic E-state index is 13.1. The highest BCUT2D eigenvalue weighted by molar-refractivity contribution is 5.20. The Morgan fingerprint density at radius 2 is 1.50 bits per heavy atom. The highest BCUT2D eigenvalue weighted by Crippen LogP contribution is 2.34. The molecular weight excluding hydrogens is 239 g/mol. The van der Waals surface area contributed by atoms with Crippen molar-refractivity contribution < 1.29 is 13.2 Å². The SMILES string of the molecule is CC(NC(c1ccccc1)C(F)(F)F)C(C)(C)C. The van der Waals surface area contributed by atoms with Crippen molar-refractivity contribution in [2.75, 3.05) is 0 Å². The third kappa shape index (κ3) is 4.02. The lowest BCUT2D eigenvalue weighted by Crippen LogP contribution is -2.45. The second-order valence-corrected chi connectivity index (χ2v) is 5.64.